The van der Waals surface area contributed by atoms with Gasteiger partial charge in [0.2, 0.25) is 0 Å². The van der Waals surface area contributed by atoms with Crippen LogP contribution in [0.2, 0.25) is 5.02 Å². The van der Waals surface area contributed by atoms with Crippen LogP contribution in [0.1, 0.15) is 25.3 Å². The molecule has 1 saturated heterocycles. The first kappa shape index (κ1) is 21.0. The van der Waals surface area contributed by atoms with Crippen LogP contribution in [0.4, 0.5) is 0 Å². The van der Waals surface area contributed by atoms with E-state index in [1.54, 1.807) is 7.11 Å². The van der Waals surface area contributed by atoms with Gasteiger partial charge in [0, 0.05) is 45.4 Å². The van der Waals surface area contributed by atoms with Crippen molar-refractivity contribution in [3.63, 3.8) is 0 Å². The maximum absolute atomic E-state index is 6.10. The predicted octanol–water partition coefficient (Wildman–Crippen LogP) is 3.10. The largest absolute Gasteiger partial charge is 0.383 e. The Bertz CT molecular complexity index is 558. The number of methoxy groups -OCH3 is 1. The molecule has 1 aliphatic heterocycles. The molecule has 0 unspecified atom stereocenters. The van der Waals surface area contributed by atoms with Crippen molar-refractivity contribution < 1.29 is 4.74 Å². The van der Waals surface area contributed by atoms with Crippen LogP contribution in [0, 0.1) is 5.92 Å². The lowest BCUT2D eigenvalue weighted by Gasteiger charge is -2.31. The first-order chi connectivity index (χ1) is 12.6. The van der Waals surface area contributed by atoms with Gasteiger partial charge < -0.3 is 19.9 Å². The van der Waals surface area contributed by atoms with E-state index in [2.05, 4.69) is 35.2 Å². The summed E-state index contributed by atoms with van der Waals surface area (Å²) < 4.78 is 5.17. The van der Waals surface area contributed by atoms with Gasteiger partial charge in [-0.15, -0.1) is 0 Å². The normalized spacial score (nSPS) is 16.7. The minimum Gasteiger partial charge on any atom is -0.383 e. The molecule has 0 aliphatic carbocycles. The van der Waals surface area contributed by atoms with Crippen molar-refractivity contribution in [1.82, 2.24) is 15.1 Å². The topological polar surface area (TPSA) is 40.1 Å². The summed E-state index contributed by atoms with van der Waals surface area (Å²) in [5.41, 5.74) is 1.19. The maximum Gasteiger partial charge on any atom is 0.193 e. The van der Waals surface area contributed by atoms with Crippen molar-refractivity contribution in [3.05, 3.63) is 34.9 Å². The lowest BCUT2D eigenvalue weighted by atomic mass is 9.97. The van der Waals surface area contributed by atoms with Crippen molar-refractivity contribution in [3.8, 4) is 0 Å². The number of hydrogen-bond donors (Lipinski definition) is 1. The summed E-state index contributed by atoms with van der Waals surface area (Å²) in [5.74, 6) is 1.64. The van der Waals surface area contributed by atoms with Crippen LogP contribution in [0.3, 0.4) is 0 Å². The van der Waals surface area contributed by atoms with Crippen LogP contribution >= 0.6 is 11.6 Å². The standard InChI is InChI=1S/C20H33ClN4O/c1-4-22-20(24(2)16-18-6-5-7-19(21)14-18)23-15-17-8-10-25(11-9-17)12-13-26-3/h5-7,14,17H,4,8-13,15-16H2,1-3H3,(H,22,23). The molecule has 26 heavy (non-hydrogen) atoms. The summed E-state index contributed by atoms with van der Waals surface area (Å²) in [5, 5.41) is 4.19. The van der Waals surface area contributed by atoms with Gasteiger partial charge in [0.15, 0.2) is 5.96 Å². The van der Waals surface area contributed by atoms with Crippen molar-refractivity contribution in [2.75, 3.05) is 53.5 Å². The molecule has 146 valence electrons. The van der Waals surface area contributed by atoms with Gasteiger partial charge in [0.1, 0.15) is 0 Å². The van der Waals surface area contributed by atoms with E-state index in [1.807, 2.05) is 18.2 Å². The van der Waals surface area contributed by atoms with E-state index in [0.717, 1.165) is 56.9 Å². The Morgan fingerprint density at radius 1 is 1.38 bits per heavy atom. The molecule has 0 atom stereocenters. The molecule has 0 saturated carbocycles. The molecule has 0 aromatic heterocycles. The number of hydrogen-bond acceptors (Lipinski definition) is 3. The van der Waals surface area contributed by atoms with E-state index >= 15 is 0 Å². The Hall–Kier alpha value is -1.30. The highest BCUT2D eigenvalue weighted by Gasteiger charge is 2.19. The Kier molecular flexibility index (Phi) is 9.23. The van der Waals surface area contributed by atoms with E-state index in [9.17, 15) is 0 Å². The Balaban J connectivity index is 1.86. The SMILES string of the molecule is CCNC(=NCC1CCN(CCOC)CC1)N(C)Cc1cccc(Cl)c1. The van der Waals surface area contributed by atoms with Gasteiger partial charge in [-0.05, 0) is 56.5 Å². The zero-order valence-corrected chi connectivity index (χ0v) is 17.1. The number of likely N-dealkylation sites (tertiary alicyclic amines) is 1. The zero-order chi connectivity index (χ0) is 18.8. The zero-order valence-electron chi connectivity index (χ0n) is 16.4. The van der Waals surface area contributed by atoms with Crippen molar-refractivity contribution >= 4 is 17.6 Å². The fraction of sp³-hybridized carbons (Fsp3) is 0.650. The van der Waals surface area contributed by atoms with Gasteiger partial charge >= 0.3 is 0 Å². The summed E-state index contributed by atoms with van der Waals surface area (Å²) in [6, 6.07) is 8.01. The summed E-state index contributed by atoms with van der Waals surface area (Å²) in [7, 11) is 3.85. The van der Waals surface area contributed by atoms with Crippen molar-refractivity contribution in [2.24, 2.45) is 10.9 Å². The smallest absolute Gasteiger partial charge is 0.193 e. The summed E-state index contributed by atoms with van der Waals surface area (Å²) in [6.45, 7) is 8.82. The van der Waals surface area contributed by atoms with Gasteiger partial charge in [-0.2, -0.15) is 0 Å². The minimum absolute atomic E-state index is 0.669. The van der Waals surface area contributed by atoms with E-state index in [-0.39, 0.29) is 0 Å². The monoisotopic (exact) mass is 380 g/mol. The van der Waals surface area contributed by atoms with E-state index in [4.69, 9.17) is 21.3 Å². The molecule has 1 aromatic rings. The highest BCUT2D eigenvalue weighted by molar-refractivity contribution is 6.30. The molecule has 0 amide bonds. The highest BCUT2D eigenvalue weighted by atomic mass is 35.5. The lowest BCUT2D eigenvalue weighted by Crippen LogP contribution is -2.40. The summed E-state index contributed by atoms with van der Waals surface area (Å²) >= 11 is 6.10. The molecule has 0 bridgehead atoms. The molecule has 5 nitrogen and oxygen atoms in total. The first-order valence-corrected chi connectivity index (χ1v) is 9.95. The van der Waals surface area contributed by atoms with Crippen LogP contribution in [0.15, 0.2) is 29.3 Å². The molecule has 1 aliphatic rings. The Labute approximate surface area is 163 Å². The van der Waals surface area contributed by atoms with Gasteiger partial charge in [-0.3, -0.25) is 4.99 Å². The first-order valence-electron chi connectivity index (χ1n) is 9.57. The maximum atomic E-state index is 6.10. The van der Waals surface area contributed by atoms with E-state index in [0.29, 0.717) is 5.92 Å². The molecular weight excluding hydrogens is 348 g/mol. The summed E-state index contributed by atoms with van der Waals surface area (Å²) in [6.07, 6.45) is 2.43. The van der Waals surface area contributed by atoms with Gasteiger partial charge in [0.25, 0.3) is 0 Å². The third kappa shape index (κ3) is 7.14. The van der Waals surface area contributed by atoms with Crippen molar-refractivity contribution in [2.45, 2.75) is 26.3 Å². The fourth-order valence-electron chi connectivity index (χ4n) is 3.28. The predicted molar refractivity (Wildman–Crippen MR) is 110 cm³/mol. The van der Waals surface area contributed by atoms with Crippen molar-refractivity contribution in [1.29, 1.82) is 0 Å². The molecule has 1 N–H and O–H groups in total. The number of nitrogens with one attached hydrogen (secondary N) is 1. The third-order valence-electron chi connectivity index (χ3n) is 4.82. The van der Waals surface area contributed by atoms with Crippen LogP contribution in [0.25, 0.3) is 0 Å². The second-order valence-electron chi connectivity index (χ2n) is 6.96. The number of rotatable bonds is 8. The fourth-order valence-corrected chi connectivity index (χ4v) is 3.50. The quantitative estimate of drug-likeness (QED) is 0.555. The van der Waals surface area contributed by atoms with E-state index < -0.39 is 0 Å². The van der Waals surface area contributed by atoms with Gasteiger partial charge in [-0.1, -0.05) is 23.7 Å². The number of piperidine rings is 1. The molecule has 6 heteroatoms. The third-order valence-corrected chi connectivity index (χ3v) is 5.06. The molecule has 1 aromatic carbocycles. The Morgan fingerprint density at radius 3 is 2.81 bits per heavy atom. The summed E-state index contributed by atoms with van der Waals surface area (Å²) in [4.78, 5) is 9.55. The number of aliphatic imine (C=N–C) groups is 1. The molecule has 2 rings (SSSR count). The molecule has 0 spiro atoms. The number of halogens is 1. The van der Waals surface area contributed by atoms with Crippen LogP contribution in [-0.4, -0.2) is 69.2 Å². The second kappa shape index (κ2) is 11.4. The number of benzene rings is 1. The molecular formula is C20H33ClN4O. The number of nitrogens with zero attached hydrogens (tertiary/aromatic N) is 3. The second-order valence-corrected chi connectivity index (χ2v) is 7.39. The van der Waals surface area contributed by atoms with Crippen LogP contribution < -0.4 is 5.32 Å². The number of ether oxygens (including phenoxy) is 1. The highest BCUT2D eigenvalue weighted by Crippen LogP contribution is 2.17. The average molecular weight is 381 g/mol. The number of guanidine groups is 1. The molecule has 1 fully saturated rings. The van der Waals surface area contributed by atoms with E-state index in [1.165, 1.54) is 18.4 Å². The average Bonchev–Trinajstić information content (AvgIpc) is 2.64. The minimum atomic E-state index is 0.669. The van der Waals surface area contributed by atoms with Crippen LogP contribution in [-0.2, 0) is 11.3 Å². The lowest BCUT2D eigenvalue weighted by molar-refractivity contribution is 0.121. The van der Waals surface area contributed by atoms with Gasteiger partial charge in [-0.25, -0.2) is 0 Å². The van der Waals surface area contributed by atoms with Crippen LogP contribution in [0.5, 0.6) is 0 Å². The van der Waals surface area contributed by atoms with Gasteiger partial charge in [0.05, 0.1) is 6.61 Å². The Morgan fingerprint density at radius 2 is 2.15 bits per heavy atom. The molecule has 1 heterocycles. The molecule has 0 radical (unpaired) electrons.